The fourth-order valence-corrected chi connectivity index (χ4v) is 5.81. The first-order chi connectivity index (χ1) is 20.4. The highest BCUT2D eigenvalue weighted by Gasteiger charge is 2.27. The zero-order chi connectivity index (χ0) is 29.1. The molecule has 6 rings (SSSR count). The van der Waals surface area contributed by atoms with Crippen molar-refractivity contribution in [2.24, 2.45) is 0 Å². The minimum Gasteiger partial charge on any atom is -0.488 e. The molecule has 0 aromatic heterocycles. The molecule has 10 heteroatoms. The third-order valence-electron chi connectivity index (χ3n) is 8.16. The van der Waals surface area contributed by atoms with Crippen LogP contribution in [0.5, 0.6) is 5.75 Å². The van der Waals surface area contributed by atoms with E-state index in [1.165, 1.54) is 24.3 Å². The van der Waals surface area contributed by atoms with E-state index in [1.807, 2.05) is 6.07 Å². The second-order valence-corrected chi connectivity index (χ2v) is 11.0. The molecule has 2 N–H and O–H groups in total. The highest BCUT2D eigenvalue weighted by atomic mass is 19.1. The van der Waals surface area contributed by atoms with Gasteiger partial charge in [-0.15, -0.1) is 0 Å². The van der Waals surface area contributed by atoms with Crippen molar-refractivity contribution < 1.29 is 23.1 Å². The molecule has 0 unspecified atom stereocenters. The second kappa shape index (κ2) is 12.5. The van der Waals surface area contributed by atoms with Gasteiger partial charge in [0.25, 0.3) is 11.8 Å². The van der Waals surface area contributed by atoms with Crippen LogP contribution in [-0.4, -0.2) is 93.2 Å². The summed E-state index contributed by atoms with van der Waals surface area (Å²) < 4.78 is 34.4. The van der Waals surface area contributed by atoms with Crippen molar-refractivity contribution in [3.63, 3.8) is 0 Å². The summed E-state index contributed by atoms with van der Waals surface area (Å²) in [5.74, 6) is -0.501. The molecule has 1 atom stereocenters. The lowest BCUT2D eigenvalue weighted by atomic mass is 10.0. The van der Waals surface area contributed by atoms with E-state index in [4.69, 9.17) is 4.74 Å². The summed E-state index contributed by atoms with van der Waals surface area (Å²) in [6.07, 6.45) is 0.918. The minimum absolute atomic E-state index is 0.0300. The lowest BCUT2D eigenvalue weighted by Crippen LogP contribution is -2.50. The van der Waals surface area contributed by atoms with Crippen molar-refractivity contribution in [1.29, 1.82) is 0 Å². The van der Waals surface area contributed by atoms with Gasteiger partial charge in [-0.3, -0.25) is 9.59 Å². The first-order valence-electron chi connectivity index (χ1n) is 14.6. The number of hydrogen-bond donors (Lipinski definition) is 2. The number of rotatable bonds is 6. The molecule has 42 heavy (non-hydrogen) atoms. The van der Waals surface area contributed by atoms with Gasteiger partial charge in [0, 0.05) is 81.3 Å². The maximum atomic E-state index is 14.5. The summed E-state index contributed by atoms with van der Waals surface area (Å²) in [5, 5.41) is 6.57. The molecule has 0 spiro atoms. The highest BCUT2D eigenvalue weighted by molar-refractivity contribution is 5.97. The Kier molecular flexibility index (Phi) is 8.34. The molecule has 3 saturated heterocycles. The molecule has 2 amide bonds. The van der Waals surface area contributed by atoms with E-state index in [2.05, 4.69) is 15.5 Å². The smallest absolute Gasteiger partial charge is 0.254 e. The standard InChI is InChI=1S/C32H35F2N5O3/c33-25-4-1-22(2-5-25)29-19-23(3-6-30(29)42-28-7-8-36-21-28)31(40)38-13-15-39(16-14-38)32(41)24-17-26(34)20-27(18-24)37-11-9-35-10-12-37/h1-6,17-20,28,35-36H,7-16,21H2/t28-/m0/s1. The summed E-state index contributed by atoms with van der Waals surface area (Å²) in [5.41, 5.74) is 3.02. The normalized spacial score (nSPS) is 19.2. The number of amides is 2. The first-order valence-corrected chi connectivity index (χ1v) is 14.6. The molecule has 0 radical (unpaired) electrons. The molecular weight excluding hydrogens is 540 g/mol. The fraction of sp³-hybridized carbons (Fsp3) is 0.375. The van der Waals surface area contributed by atoms with E-state index in [9.17, 15) is 18.4 Å². The summed E-state index contributed by atoms with van der Waals surface area (Å²) >= 11 is 0. The molecule has 0 aliphatic carbocycles. The van der Waals surface area contributed by atoms with Crippen molar-refractivity contribution >= 4 is 17.5 Å². The van der Waals surface area contributed by atoms with Gasteiger partial charge in [0.15, 0.2) is 0 Å². The van der Waals surface area contributed by atoms with Crippen LogP contribution < -0.4 is 20.3 Å². The summed E-state index contributed by atoms with van der Waals surface area (Å²) in [6, 6.07) is 16.0. The predicted octanol–water partition coefficient (Wildman–Crippen LogP) is 3.38. The SMILES string of the molecule is O=C(c1cc(F)cc(N2CCNCC2)c1)N1CCN(C(=O)c2ccc(O[C@H]3CCNC3)c(-c3ccc(F)cc3)c2)CC1. The van der Waals surface area contributed by atoms with E-state index in [-0.39, 0.29) is 23.7 Å². The zero-order valence-corrected chi connectivity index (χ0v) is 23.5. The Morgan fingerprint density at radius 3 is 2.07 bits per heavy atom. The number of hydrogen-bond acceptors (Lipinski definition) is 6. The minimum atomic E-state index is -0.434. The molecular formula is C32H35F2N5O3. The zero-order valence-electron chi connectivity index (χ0n) is 23.5. The quantitative estimate of drug-likeness (QED) is 0.470. The van der Waals surface area contributed by atoms with Crippen molar-refractivity contribution in [3.8, 4) is 16.9 Å². The molecule has 3 heterocycles. The molecule has 3 aromatic carbocycles. The van der Waals surface area contributed by atoms with Crippen molar-refractivity contribution in [3.05, 3.63) is 83.4 Å². The third-order valence-corrected chi connectivity index (χ3v) is 8.16. The van der Waals surface area contributed by atoms with Gasteiger partial charge in [-0.1, -0.05) is 12.1 Å². The van der Waals surface area contributed by atoms with Crippen LogP contribution in [0.2, 0.25) is 0 Å². The lowest BCUT2D eigenvalue weighted by Gasteiger charge is -2.35. The Bertz CT molecular complexity index is 1430. The van der Waals surface area contributed by atoms with Crippen LogP contribution in [0.3, 0.4) is 0 Å². The van der Waals surface area contributed by atoms with Gasteiger partial charge < -0.3 is 30.1 Å². The Hall–Kier alpha value is -4.02. The first kappa shape index (κ1) is 28.1. The summed E-state index contributed by atoms with van der Waals surface area (Å²) in [6.45, 7) is 6.21. The van der Waals surface area contributed by atoms with Crippen molar-refractivity contribution in [1.82, 2.24) is 20.4 Å². The third kappa shape index (κ3) is 6.24. The number of nitrogens with one attached hydrogen (secondary N) is 2. The number of anilines is 1. The fourth-order valence-electron chi connectivity index (χ4n) is 5.81. The Balaban J connectivity index is 1.15. The van der Waals surface area contributed by atoms with Crippen LogP contribution in [0, 0.1) is 11.6 Å². The average Bonchev–Trinajstić information content (AvgIpc) is 3.54. The topological polar surface area (TPSA) is 77.2 Å². The van der Waals surface area contributed by atoms with Gasteiger partial charge in [-0.2, -0.15) is 0 Å². The Labute approximate surface area is 244 Å². The monoisotopic (exact) mass is 575 g/mol. The van der Waals surface area contributed by atoms with Gasteiger partial charge in [-0.05, 0) is 67.1 Å². The van der Waals surface area contributed by atoms with Crippen LogP contribution in [-0.2, 0) is 0 Å². The van der Waals surface area contributed by atoms with Crippen molar-refractivity contribution in [2.75, 3.05) is 70.3 Å². The Morgan fingerprint density at radius 2 is 1.40 bits per heavy atom. The van der Waals surface area contributed by atoms with E-state index < -0.39 is 5.82 Å². The van der Waals surface area contributed by atoms with E-state index >= 15 is 0 Å². The van der Waals surface area contributed by atoms with Crippen LogP contribution in [0.4, 0.5) is 14.5 Å². The van der Waals surface area contributed by atoms with E-state index in [1.54, 1.807) is 40.1 Å². The number of carbonyl (C=O) groups excluding carboxylic acids is 2. The molecule has 3 aromatic rings. The molecule has 3 fully saturated rings. The maximum Gasteiger partial charge on any atom is 0.254 e. The predicted molar refractivity (Wildman–Crippen MR) is 157 cm³/mol. The Morgan fingerprint density at radius 1 is 0.714 bits per heavy atom. The largest absolute Gasteiger partial charge is 0.488 e. The molecule has 3 aliphatic rings. The average molecular weight is 576 g/mol. The second-order valence-electron chi connectivity index (χ2n) is 11.0. The van der Waals surface area contributed by atoms with Crippen molar-refractivity contribution in [2.45, 2.75) is 12.5 Å². The van der Waals surface area contributed by atoms with Gasteiger partial charge >= 0.3 is 0 Å². The summed E-state index contributed by atoms with van der Waals surface area (Å²) in [7, 11) is 0. The summed E-state index contributed by atoms with van der Waals surface area (Å²) in [4.78, 5) is 32.4. The van der Waals surface area contributed by atoms with Gasteiger partial charge in [0.2, 0.25) is 0 Å². The van der Waals surface area contributed by atoms with E-state index in [0.29, 0.717) is 48.7 Å². The van der Waals surface area contributed by atoms with E-state index in [0.717, 1.165) is 56.8 Å². The van der Waals surface area contributed by atoms with Gasteiger partial charge in [0.05, 0.1) is 0 Å². The maximum absolute atomic E-state index is 14.5. The lowest BCUT2D eigenvalue weighted by molar-refractivity contribution is 0.0535. The molecule has 0 saturated carbocycles. The number of benzene rings is 3. The van der Waals surface area contributed by atoms with Crippen LogP contribution in [0.15, 0.2) is 60.7 Å². The highest BCUT2D eigenvalue weighted by Crippen LogP contribution is 2.33. The number of ether oxygens (including phenoxy) is 1. The number of carbonyl (C=O) groups is 2. The van der Waals surface area contributed by atoms with Crippen LogP contribution in [0.1, 0.15) is 27.1 Å². The number of halogens is 2. The molecule has 220 valence electrons. The molecule has 0 bridgehead atoms. The molecule has 8 nitrogen and oxygen atoms in total. The van der Waals surface area contributed by atoms with Crippen LogP contribution in [0.25, 0.3) is 11.1 Å². The van der Waals surface area contributed by atoms with Gasteiger partial charge in [0.1, 0.15) is 23.5 Å². The number of nitrogens with zero attached hydrogens (tertiary/aromatic N) is 3. The van der Waals surface area contributed by atoms with Gasteiger partial charge in [-0.25, -0.2) is 8.78 Å². The molecule has 3 aliphatic heterocycles. The number of piperazine rings is 2. The van der Waals surface area contributed by atoms with Crippen LogP contribution >= 0.6 is 0 Å².